The standard InChI is InChI=1S/C20H17ClN2O7S/c1-3-11(2)29-18(24)10-22-19(25)17(31-20(22)26)9-13-5-7-16(30-13)12-4-6-14(21)15(8-12)23(27)28/h4-9,11H,3,10H2,1-2H3/b17-9+/t11-/m1/s1. The van der Waals surface area contributed by atoms with Crippen molar-refractivity contribution < 1.29 is 28.5 Å². The topological polar surface area (TPSA) is 120 Å². The molecule has 1 atom stereocenters. The molecule has 162 valence electrons. The summed E-state index contributed by atoms with van der Waals surface area (Å²) in [6, 6.07) is 7.37. The molecule has 1 aromatic carbocycles. The third-order valence-electron chi connectivity index (χ3n) is 4.40. The zero-order chi connectivity index (χ0) is 22.7. The number of imide groups is 1. The molecule has 0 N–H and O–H groups in total. The SMILES string of the molecule is CC[C@@H](C)OC(=O)CN1C(=O)S/C(=C/c2ccc(-c3ccc(Cl)c([N+](=O)[O-])c3)o2)C1=O. The molecule has 0 bridgehead atoms. The Kier molecular flexibility index (Phi) is 6.81. The number of benzene rings is 1. The van der Waals surface area contributed by atoms with Gasteiger partial charge in [-0.15, -0.1) is 0 Å². The highest BCUT2D eigenvalue weighted by Crippen LogP contribution is 2.34. The number of ether oxygens (including phenoxy) is 1. The van der Waals surface area contributed by atoms with Crippen molar-refractivity contribution in [2.24, 2.45) is 0 Å². The molecule has 1 saturated heterocycles. The van der Waals surface area contributed by atoms with Crippen molar-refractivity contribution >= 4 is 52.2 Å². The quantitative estimate of drug-likeness (QED) is 0.246. The molecule has 3 rings (SSSR count). The van der Waals surface area contributed by atoms with Crippen LogP contribution in [0.3, 0.4) is 0 Å². The maximum atomic E-state index is 12.5. The average Bonchev–Trinajstić information content (AvgIpc) is 3.28. The molecule has 2 aromatic rings. The highest BCUT2D eigenvalue weighted by atomic mass is 35.5. The van der Waals surface area contributed by atoms with Gasteiger partial charge >= 0.3 is 5.97 Å². The summed E-state index contributed by atoms with van der Waals surface area (Å²) in [6.45, 7) is 3.10. The molecule has 31 heavy (non-hydrogen) atoms. The number of nitrogens with zero attached hydrogens (tertiary/aromatic N) is 2. The zero-order valence-corrected chi connectivity index (χ0v) is 18.1. The molecule has 2 heterocycles. The van der Waals surface area contributed by atoms with Gasteiger partial charge in [0.15, 0.2) is 0 Å². The summed E-state index contributed by atoms with van der Waals surface area (Å²) in [7, 11) is 0. The Morgan fingerprint density at radius 2 is 2.10 bits per heavy atom. The number of rotatable bonds is 7. The fourth-order valence-electron chi connectivity index (χ4n) is 2.63. The second-order valence-electron chi connectivity index (χ2n) is 6.60. The van der Waals surface area contributed by atoms with Crippen molar-refractivity contribution in [1.82, 2.24) is 4.90 Å². The summed E-state index contributed by atoms with van der Waals surface area (Å²) in [5, 5.41) is 10.5. The van der Waals surface area contributed by atoms with E-state index in [0.717, 1.165) is 4.90 Å². The zero-order valence-electron chi connectivity index (χ0n) is 16.5. The van der Waals surface area contributed by atoms with E-state index in [-0.39, 0.29) is 27.5 Å². The molecule has 0 aliphatic carbocycles. The number of carbonyl (C=O) groups excluding carboxylic acids is 3. The largest absolute Gasteiger partial charge is 0.461 e. The predicted molar refractivity (Wildman–Crippen MR) is 114 cm³/mol. The van der Waals surface area contributed by atoms with Crippen LogP contribution in [0.15, 0.2) is 39.7 Å². The number of hydrogen-bond donors (Lipinski definition) is 0. The van der Waals surface area contributed by atoms with E-state index < -0.39 is 28.6 Å². The predicted octanol–water partition coefficient (Wildman–Crippen LogP) is 4.89. The second kappa shape index (κ2) is 9.36. The Morgan fingerprint density at radius 3 is 2.77 bits per heavy atom. The van der Waals surface area contributed by atoms with E-state index in [1.165, 1.54) is 18.2 Å². The summed E-state index contributed by atoms with van der Waals surface area (Å²) in [5.41, 5.74) is 0.166. The van der Waals surface area contributed by atoms with Crippen LogP contribution in [-0.4, -0.2) is 39.6 Å². The van der Waals surface area contributed by atoms with Crippen molar-refractivity contribution in [3.05, 3.63) is 56.1 Å². The summed E-state index contributed by atoms with van der Waals surface area (Å²) in [5.74, 6) is -0.707. The molecule has 9 nitrogen and oxygen atoms in total. The van der Waals surface area contributed by atoms with Crippen LogP contribution in [-0.2, 0) is 14.3 Å². The number of furan rings is 1. The fourth-order valence-corrected chi connectivity index (χ4v) is 3.64. The number of carbonyl (C=O) groups is 3. The molecule has 0 saturated carbocycles. The first-order valence-electron chi connectivity index (χ1n) is 9.18. The van der Waals surface area contributed by atoms with E-state index >= 15 is 0 Å². The van der Waals surface area contributed by atoms with Crippen molar-refractivity contribution in [2.75, 3.05) is 6.54 Å². The lowest BCUT2D eigenvalue weighted by Crippen LogP contribution is -2.35. The first-order chi connectivity index (χ1) is 14.7. The van der Waals surface area contributed by atoms with Crippen molar-refractivity contribution in [3.8, 4) is 11.3 Å². The van der Waals surface area contributed by atoms with Gasteiger partial charge in [0.25, 0.3) is 16.8 Å². The van der Waals surface area contributed by atoms with Gasteiger partial charge in [0.05, 0.1) is 15.9 Å². The monoisotopic (exact) mass is 464 g/mol. The Labute approximate surface area is 186 Å². The molecule has 0 unspecified atom stereocenters. The van der Waals surface area contributed by atoms with Gasteiger partial charge in [0.1, 0.15) is 23.1 Å². The number of halogens is 1. The Bertz CT molecular complexity index is 1090. The van der Waals surface area contributed by atoms with Crippen LogP contribution in [0.4, 0.5) is 10.5 Å². The van der Waals surface area contributed by atoms with E-state index in [1.54, 1.807) is 25.1 Å². The number of hydrogen-bond acceptors (Lipinski definition) is 8. The number of amides is 2. The molecular weight excluding hydrogens is 448 g/mol. The van der Waals surface area contributed by atoms with Gasteiger partial charge in [-0.3, -0.25) is 29.4 Å². The highest BCUT2D eigenvalue weighted by molar-refractivity contribution is 8.18. The molecule has 11 heteroatoms. The third-order valence-corrected chi connectivity index (χ3v) is 5.62. The number of nitro benzene ring substituents is 1. The number of thioether (sulfide) groups is 1. The van der Waals surface area contributed by atoms with Gasteiger partial charge in [0, 0.05) is 17.7 Å². The smallest absolute Gasteiger partial charge is 0.326 e. The summed E-state index contributed by atoms with van der Waals surface area (Å²) in [6.07, 6.45) is 1.68. The molecular formula is C20H17ClN2O7S. The molecule has 1 aliphatic rings. The lowest BCUT2D eigenvalue weighted by atomic mass is 10.1. The Morgan fingerprint density at radius 1 is 1.35 bits per heavy atom. The minimum atomic E-state index is -0.664. The van der Waals surface area contributed by atoms with Crippen molar-refractivity contribution in [1.29, 1.82) is 0 Å². The van der Waals surface area contributed by atoms with E-state index in [9.17, 15) is 24.5 Å². The summed E-state index contributed by atoms with van der Waals surface area (Å²) in [4.78, 5) is 47.9. The third kappa shape index (κ3) is 5.15. The van der Waals surface area contributed by atoms with Crippen LogP contribution < -0.4 is 0 Å². The minimum absolute atomic E-state index is 0.000982. The Balaban J connectivity index is 1.76. The van der Waals surface area contributed by atoms with Gasteiger partial charge in [0.2, 0.25) is 0 Å². The highest BCUT2D eigenvalue weighted by Gasteiger charge is 2.37. The molecule has 2 amide bonds. The van der Waals surface area contributed by atoms with Crippen LogP contribution in [0.25, 0.3) is 17.4 Å². The van der Waals surface area contributed by atoms with E-state index in [1.807, 2.05) is 6.92 Å². The first kappa shape index (κ1) is 22.6. The lowest BCUT2D eigenvalue weighted by molar-refractivity contribution is -0.384. The van der Waals surface area contributed by atoms with Crippen molar-refractivity contribution in [3.63, 3.8) is 0 Å². The van der Waals surface area contributed by atoms with Crippen LogP contribution in [0.5, 0.6) is 0 Å². The molecule has 1 aliphatic heterocycles. The summed E-state index contributed by atoms with van der Waals surface area (Å²) >= 11 is 6.50. The minimum Gasteiger partial charge on any atom is -0.461 e. The van der Waals surface area contributed by atoms with Gasteiger partial charge in [-0.25, -0.2) is 0 Å². The van der Waals surface area contributed by atoms with Crippen molar-refractivity contribution in [2.45, 2.75) is 26.4 Å². The normalized spacial score (nSPS) is 16.1. The van der Waals surface area contributed by atoms with Gasteiger partial charge in [-0.05, 0) is 49.4 Å². The van der Waals surface area contributed by atoms with Crippen LogP contribution in [0, 0.1) is 10.1 Å². The second-order valence-corrected chi connectivity index (χ2v) is 8.00. The summed E-state index contributed by atoms with van der Waals surface area (Å²) < 4.78 is 10.8. The first-order valence-corrected chi connectivity index (χ1v) is 10.4. The Hall–Kier alpha value is -3.11. The van der Waals surface area contributed by atoms with Gasteiger partial charge < -0.3 is 9.15 Å². The number of esters is 1. The molecule has 1 fully saturated rings. The maximum Gasteiger partial charge on any atom is 0.326 e. The molecule has 0 radical (unpaired) electrons. The average molecular weight is 465 g/mol. The van der Waals surface area contributed by atoms with E-state index in [0.29, 0.717) is 29.5 Å². The van der Waals surface area contributed by atoms with Gasteiger partial charge in [-0.1, -0.05) is 18.5 Å². The number of nitro groups is 1. The lowest BCUT2D eigenvalue weighted by Gasteiger charge is -2.14. The van der Waals surface area contributed by atoms with E-state index in [4.69, 9.17) is 20.8 Å². The fraction of sp³-hybridized carbons (Fsp3) is 0.250. The molecule has 1 aromatic heterocycles. The van der Waals surface area contributed by atoms with Gasteiger partial charge in [-0.2, -0.15) is 0 Å². The van der Waals surface area contributed by atoms with Crippen LogP contribution in [0.2, 0.25) is 5.02 Å². The van der Waals surface area contributed by atoms with E-state index in [2.05, 4.69) is 0 Å². The van der Waals surface area contributed by atoms with Crippen LogP contribution >= 0.6 is 23.4 Å². The maximum absolute atomic E-state index is 12.5. The molecule has 0 spiro atoms. The van der Waals surface area contributed by atoms with Crippen LogP contribution in [0.1, 0.15) is 26.0 Å².